The van der Waals surface area contributed by atoms with Gasteiger partial charge in [-0.3, -0.25) is 4.98 Å². The van der Waals surface area contributed by atoms with E-state index in [1.807, 2.05) is 0 Å². The number of alkyl halides is 3. The summed E-state index contributed by atoms with van der Waals surface area (Å²) >= 11 is 0. The van der Waals surface area contributed by atoms with Crippen LogP contribution in [0.2, 0.25) is 0 Å². The van der Waals surface area contributed by atoms with Crippen molar-refractivity contribution in [2.45, 2.75) is 24.0 Å². The Kier molecular flexibility index (Phi) is 5.63. The molecule has 2 atom stereocenters. The van der Waals surface area contributed by atoms with Crippen LogP contribution in [0.25, 0.3) is 0 Å². The number of halogens is 4. The predicted octanol–water partition coefficient (Wildman–Crippen LogP) is 4.04. The van der Waals surface area contributed by atoms with Crippen LogP contribution in [-0.4, -0.2) is 26.2 Å². The Bertz CT molecular complexity index is 921. The van der Waals surface area contributed by atoms with Crippen molar-refractivity contribution in [1.29, 1.82) is 10.0 Å². The molecule has 138 valence electrons. The van der Waals surface area contributed by atoms with Crippen molar-refractivity contribution in [3.05, 3.63) is 59.7 Å². The number of benzene rings is 1. The summed E-state index contributed by atoms with van der Waals surface area (Å²) in [6.45, 7) is 0.957. The zero-order valence-electron chi connectivity index (χ0n) is 13.5. The third-order valence-electron chi connectivity index (χ3n) is 3.59. The summed E-state index contributed by atoms with van der Waals surface area (Å²) in [7, 11) is -4.12. The smallest absolute Gasteiger partial charge is 0.262 e. The van der Waals surface area contributed by atoms with Gasteiger partial charge in [-0.1, -0.05) is 19.1 Å². The molecule has 5 nitrogen and oxygen atoms in total. The molecular weight excluding hydrogens is 372 g/mol. The van der Waals surface area contributed by atoms with E-state index < -0.39 is 28.0 Å². The fraction of sp³-hybridized carbons (Fsp3) is 0.250. The molecule has 0 radical (unpaired) electrons. The van der Waals surface area contributed by atoms with Gasteiger partial charge >= 0.3 is 6.18 Å². The summed E-state index contributed by atoms with van der Waals surface area (Å²) in [6.07, 6.45) is -2.72. The second-order valence-electron chi connectivity index (χ2n) is 5.28. The Morgan fingerprint density at radius 2 is 1.92 bits per heavy atom. The predicted molar refractivity (Wildman–Crippen MR) is 85.7 cm³/mol. The van der Waals surface area contributed by atoms with E-state index in [1.54, 1.807) is 6.07 Å². The zero-order valence-corrected chi connectivity index (χ0v) is 14.3. The van der Waals surface area contributed by atoms with Crippen LogP contribution in [0, 0.1) is 21.9 Å². The fourth-order valence-electron chi connectivity index (χ4n) is 2.44. The van der Waals surface area contributed by atoms with Crippen molar-refractivity contribution < 1.29 is 21.8 Å². The molecule has 0 amide bonds. The van der Waals surface area contributed by atoms with E-state index in [2.05, 4.69) is 4.98 Å². The van der Waals surface area contributed by atoms with Crippen LogP contribution >= 0.6 is 0 Å². The van der Waals surface area contributed by atoms with E-state index in [-0.39, 0.29) is 22.6 Å². The molecule has 10 heteroatoms. The Morgan fingerprint density at radius 3 is 2.42 bits per heavy atom. The number of aromatic nitrogens is 1. The maximum Gasteiger partial charge on any atom is 0.409 e. The molecule has 0 saturated carbocycles. The lowest BCUT2D eigenvalue weighted by Gasteiger charge is -2.33. The highest BCUT2D eigenvalue weighted by Gasteiger charge is 2.47. The Hall–Kier alpha value is -2.51. The van der Waals surface area contributed by atoms with E-state index in [1.165, 1.54) is 6.92 Å². The van der Waals surface area contributed by atoms with Gasteiger partial charge in [0.2, 0.25) is 0 Å². The largest absolute Gasteiger partial charge is 0.409 e. The number of hydrogen-bond acceptors (Lipinski definition) is 4. The van der Waals surface area contributed by atoms with E-state index in [0.29, 0.717) is 4.31 Å². The molecule has 0 spiro atoms. The van der Waals surface area contributed by atoms with Crippen LogP contribution in [0.3, 0.4) is 0 Å². The van der Waals surface area contributed by atoms with Gasteiger partial charge in [0.25, 0.3) is 0 Å². The third-order valence-corrected chi connectivity index (χ3v) is 5.58. The van der Waals surface area contributed by atoms with Crippen LogP contribution < -0.4 is 0 Å². The summed E-state index contributed by atoms with van der Waals surface area (Å²) in [6, 6.07) is 4.04. The van der Waals surface area contributed by atoms with E-state index >= 15 is 0 Å². The third kappa shape index (κ3) is 4.00. The molecule has 1 heterocycles. The Morgan fingerprint density at radius 1 is 1.31 bits per heavy atom. The van der Waals surface area contributed by atoms with Crippen LogP contribution in [0.4, 0.5) is 17.6 Å². The van der Waals surface area contributed by atoms with Crippen LogP contribution in [-0.2, 0) is 9.92 Å². The van der Waals surface area contributed by atoms with Crippen molar-refractivity contribution in [3.8, 4) is 6.07 Å². The second kappa shape index (κ2) is 7.39. The lowest BCUT2D eigenvalue weighted by atomic mass is 10.1. The molecule has 0 unspecified atom stereocenters. The van der Waals surface area contributed by atoms with E-state index in [4.69, 9.17) is 10.0 Å². The van der Waals surface area contributed by atoms with Crippen molar-refractivity contribution in [1.82, 2.24) is 9.29 Å². The van der Waals surface area contributed by atoms with Gasteiger partial charge in [-0.05, 0) is 23.8 Å². The van der Waals surface area contributed by atoms with Gasteiger partial charge < -0.3 is 0 Å². The molecule has 1 N–H and O–H groups in total. The second-order valence-corrected chi connectivity index (χ2v) is 7.27. The number of rotatable bonds is 5. The molecule has 2 rings (SSSR count). The molecule has 2 aromatic rings. The number of pyridine rings is 1. The summed E-state index contributed by atoms with van der Waals surface area (Å²) in [5, 5.41) is 8.89. The standard InChI is InChI=1S/C16H14F4N4OS/c1-2-24(26(22,25)14-7-11(8-21)9-23-10-14)15(16(18,19)20)12-3-5-13(17)6-4-12/h3-7,9-10,15,22H,2H2,1H3/t15-,26-/m1/s1. The lowest BCUT2D eigenvalue weighted by molar-refractivity contribution is -0.173. The number of nitriles is 1. The molecule has 26 heavy (non-hydrogen) atoms. The molecule has 0 aliphatic heterocycles. The van der Waals surface area contributed by atoms with Gasteiger partial charge in [0.05, 0.1) is 10.5 Å². The normalized spacial score (nSPS) is 15.3. The van der Waals surface area contributed by atoms with Crippen LogP contribution in [0.15, 0.2) is 47.6 Å². The van der Waals surface area contributed by atoms with Crippen molar-refractivity contribution in [2.75, 3.05) is 6.54 Å². The fourth-order valence-corrected chi connectivity index (χ4v) is 4.11. The highest BCUT2D eigenvalue weighted by molar-refractivity contribution is 7.90. The van der Waals surface area contributed by atoms with Crippen LogP contribution in [0.5, 0.6) is 0 Å². The Balaban J connectivity index is 2.60. The first kappa shape index (κ1) is 19.8. The zero-order chi connectivity index (χ0) is 19.5. The lowest BCUT2D eigenvalue weighted by Crippen LogP contribution is -2.41. The molecule has 0 aliphatic carbocycles. The van der Waals surface area contributed by atoms with E-state index in [9.17, 15) is 21.8 Å². The molecular formula is C16H14F4N4OS. The van der Waals surface area contributed by atoms with Crippen molar-refractivity contribution >= 4 is 9.92 Å². The molecule has 0 aliphatic rings. The molecule has 1 aromatic heterocycles. The molecule has 0 fully saturated rings. The van der Waals surface area contributed by atoms with Crippen molar-refractivity contribution in [2.24, 2.45) is 0 Å². The van der Waals surface area contributed by atoms with Gasteiger partial charge in [0, 0.05) is 18.9 Å². The molecule has 1 aromatic carbocycles. The average molecular weight is 386 g/mol. The van der Waals surface area contributed by atoms with Crippen LogP contribution in [0.1, 0.15) is 24.1 Å². The summed E-state index contributed by atoms with van der Waals surface area (Å²) < 4.78 is 75.8. The first-order valence-corrected chi connectivity index (χ1v) is 8.85. The van der Waals surface area contributed by atoms with Gasteiger partial charge in [0.1, 0.15) is 27.8 Å². The minimum absolute atomic E-state index is 0.0242. The summed E-state index contributed by atoms with van der Waals surface area (Å²) in [5.74, 6) is -0.713. The molecule has 0 bridgehead atoms. The van der Waals surface area contributed by atoms with Gasteiger partial charge in [-0.15, -0.1) is 0 Å². The average Bonchev–Trinajstić information content (AvgIpc) is 2.59. The summed E-state index contributed by atoms with van der Waals surface area (Å²) in [5.41, 5.74) is -0.367. The monoisotopic (exact) mass is 386 g/mol. The first-order valence-electron chi connectivity index (χ1n) is 7.34. The first-order chi connectivity index (χ1) is 12.1. The number of nitrogens with one attached hydrogen (secondary N) is 1. The highest BCUT2D eigenvalue weighted by Crippen LogP contribution is 2.40. The van der Waals surface area contributed by atoms with Gasteiger partial charge in [0.15, 0.2) is 0 Å². The SMILES string of the molecule is CCN([C@H](c1ccc(F)cc1)C(F)(F)F)[S@@](=N)(=O)c1cncc(C#N)c1. The van der Waals surface area contributed by atoms with Gasteiger partial charge in [-0.2, -0.15) is 22.7 Å². The summed E-state index contributed by atoms with van der Waals surface area (Å²) in [4.78, 5) is 3.35. The maximum atomic E-state index is 13.7. The Labute approximate surface area is 148 Å². The molecule has 0 saturated heterocycles. The number of nitrogens with zero attached hydrogens (tertiary/aromatic N) is 3. The van der Waals surface area contributed by atoms with Crippen molar-refractivity contribution in [3.63, 3.8) is 0 Å². The van der Waals surface area contributed by atoms with E-state index in [0.717, 1.165) is 42.7 Å². The topological polar surface area (TPSA) is 80.8 Å². The minimum Gasteiger partial charge on any atom is -0.262 e. The minimum atomic E-state index is -4.86. The number of hydrogen-bond donors (Lipinski definition) is 1. The highest BCUT2D eigenvalue weighted by atomic mass is 32.2. The van der Waals surface area contributed by atoms with Gasteiger partial charge in [-0.25, -0.2) is 13.4 Å². The quantitative estimate of drug-likeness (QED) is 0.788. The maximum absolute atomic E-state index is 13.7.